The molecule has 0 unspecified atom stereocenters. The summed E-state index contributed by atoms with van der Waals surface area (Å²) in [7, 11) is 0. The molecule has 3 aromatic rings. The van der Waals surface area contributed by atoms with Crippen molar-refractivity contribution >= 4 is 17.8 Å². The summed E-state index contributed by atoms with van der Waals surface area (Å²) < 4.78 is 2.29. The van der Waals surface area contributed by atoms with Crippen LogP contribution in [0.3, 0.4) is 0 Å². The van der Waals surface area contributed by atoms with Crippen LogP contribution in [0, 0.1) is 4.77 Å². The van der Waals surface area contributed by atoms with E-state index in [0.29, 0.717) is 16.2 Å². The maximum Gasteiger partial charge on any atom is 0.200 e. The van der Waals surface area contributed by atoms with Crippen molar-refractivity contribution in [3.05, 3.63) is 57.9 Å². The van der Waals surface area contributed by atoms with Gasteiger partial charge in [-0.2, -0.15) is 5.10 Å². The van der Waals surface area contributed by atoms with Gasteiger partial charge in [0.05, 0.1) is 11.3 Å². The quantitative estimate of drug-likeness (QED) is 0.600. The van der Waals surface area contributed by atoms with Crippen LogP contribution in [0.4, 0.5) is 0 Å². The average Bonchev–Trinajstić information content (AvgIpc) is 3.08. The van der Waals surface area contributed by atoms with Crippen molar-refractivity contribution in [1.29, 1.82) is 0 Å². The monoisotopic (exact) mass is 351 g/mol. The average molecular weight is 351 g/mol. The fraction of sp³-hybridized carbons (Fsp3) is 0.158. The number of aromatic amines is 1. The van der Waals surface area contributed by atoms with Gasteiger partial charge in [-0.1, -0.05) is 17.7 Å². The highest BCUT2D eigenvalue weighted by Gasteiger charge is 2.23. The number of hydrogen-bond acceptors (Lipinski definition) is 4. The molecule has 25 heavy (non-hydrogen) atoms. The number of rotatable bonds is 2. The summed E-state index contributed by atoms with van der Waals surface area (Å²) in [4.78, 5) is 0. The number of H-pyrrole nitrogens is 1. The molecule has 3 N–H and O–H groups in total. The van der Waals surface area contributed by atoms with Crippen molar-refractivity contribution in [1.82, 2.24) is 14.8 Å². The Morgan fingerprint density at radius 2 is 1.96 bits per heavy atom. The number of phenolic OH excluding ortho intramolecular Hbond substituents is 2. The smallest absolute Gasteiger partial charge is 0.200 e. The molecule has 126 valence electrons. The molecule has 5 nitrogen and oxygen atoms in total. The van der Waals surface area contributed by atoms with Gasteiger partial charge < -0.3 is 10.2 Å². The number of benzene rings is 2. The normalized spacial score (nSPS) is 13.4. The fourth-order valence-corrected chi connectivity index (χ4v) is 3.63. The molecule has 0 aliphatic heterocycles. The zero-order valence-corrected chi connectivity index (χ0v) is 14.7. The molecular formula is C19H17N3O2S. The Bertz CT molecular complexity index is 1090. The van der Waals surface area contributed by atoms with Crippen molar-refractivity contribution in [2.45, 2.75) is 20.3 Å². The van der Waals surface area contributed by atoms with E-state index in [1.807, 2.05) is 16.7 Å². The molecule has 0 bridgehead atoms. The van der Waals surface area contributed by atoms with Crippen LogP contribution in [-0.4, -0.2) is 25.0 Å². The molecule has 0 spiro atoms. The van der Waals surface area contributed by atoms with Crippen molar-refractivity contribution < 1.29 is 10.2 Å². The topological polar surface area (TPSA) is 74.1 Å². The van der Waals surface area contributed by atoms with Crippen LogP contribution in [0.15, 0.2) is 42.0 Å². The maximum atomic E-state index is 10.2. The highest BCUT2D eigenvalue weighted by atomic mass is 32.1. The number of aromatic hydroxyl groups is 2. The van der Waals surface area contributed by atoms with E-state index in [1.165, 1.54) is 28.8 Å². The van der Waals surface area contributed by atoms with E-state index in [2.05, 4.69) is 30.1 Å². The van der Waals surface area contributed by atoms with Gasteiger partial charge in [0.1, 0.15) is 11.5 Å². The number of fused-ring (bicyclic) bond motifs is 1. The third-order valence-corrected chi connectivity index (χ3v) is 5.01. The molecule has 0 radical (unpaired) electrons. The van der Waals surface area contributed by atoms with Crippen LogP contribution in [0.25, 0.3) is 22.6 Å². The lowest BCUT2D eigenvalue weighted by atomic mass is 10.0. The summed E-state index contributed by atoms with van der Waals surface area (Å²) >= 11 is 5.46. The molecule has 0 amide bonds. The van der Waals surface area contributed by atoms with Gasteiger partial charge >= 0.3 is 0 Å². The molecular weight excluding hydrogens is 334 g/mol. The lowest BCUT2D eigenvalue weighted by molar-refractivity contribution is 0.451. The second-order valence-electron chi connectivity index (χ2n) is 6.28. The van der Waals surface area contributed by atoms with Crippen molar-refractivity contribution in [2.75, 3.05) is 0 Å². The Balaban J connectivity index is 2.00. The number of aromatic nitrogens is 3. The first kappa shape index (κ1) is 15.7. The van der Waals surface area contributed by atoms with E-state index < -0.39 is 0 Å². The Morgan fingerprint density at radius 1 is 1.16 bits per heavy atom. The highest BCUT2D eigenvalue weighted by molar-refractivity contribution is 7.71. The van der Waals surface area contributed by atoms with Crippen LogP contribution in [-0.2, 0) is 6.42 Å². The summed E-state index contributed by atoms with van der Waals surface area (Å²) in [6.07, 6.45) is 0.931. The van der Waals surface area contributed by atoms with Gasteiger partial charge in [-0.05, 0) is 61.8 Å². The Labute approximate surface area is 149 Å². The summed E-state index contributed by atoms with van der Waals surface area (Å²) in [6.45, 7) is 4.26. The van der Waals surface area contributed by atoms with Crippen LogP contribution in [0.1, 0.15) is 25.0 Å². The van der Waals surface area contributed by atoms with Crippen LogP contribution in [0.5, 0.6) is 11.5 Å². The molecule has 1 aliphatic carbocycles. The van der Waals surface area contributed by atoms with E-state index in [9.17, 15) is 10.2 Å². The molecule has 1 heterocycles. The number of hydrogen-bond donors (Lipinski definition) is 3. The third kappa shape index (κ3) is 2.37. The van der Waals surface area contributed by atoms with E-state index >= 15 is 0 Å². The molecule has 1 aliphatic rings. The Hall–Kier alpha value is -2.86. The predicted octanol–water partition coefficient (Wildman–Crippen LogP) is 4.36. The van der Waals surface area contributed by atoms with Gasteiger partial charge in [0.15, 0.2) is 10.6 Å². The predicted molar refractivity (Wildman–Crippen MR) is 99.5 cm³/mol. The zero-order chi connectivity index (χ0) is 17.7. The molecule has 2 aromatic carbocycles. The fourth-order valence-electron chi connectivity index (χ4n) is 3.40. The van der Waals surface area contributed by atoms with E-state index in [-0.39, 0.29) is 11.5 Å². The molecule has 4 rings (SSSR count). The second kappa shape index (κ2) is 5.60. The summed E-state index contributed by atoms with van der Waals surface area (Å²) in [5.74, 6) is 0.455. The lowest BCUT2D eigenvalue weighted by Gasteiger charge is -2.14. The molecule has 1 aromatic heterocycles. The first-order chi connectivity index (χ1) is 12.0. The molecule has 0 saturated carbocycles. The van der Waals surface area contributed by atoms with E-state index in [0.717, 1.165) is 17.7 Å². The van der Waals surface area contributed by atoms with Gasteiger partial charge in [-0.25, -0.2) is 0 Å². The first-order valence-electron chi connectivity index (χ1n) is 7.96. The zero-order valence-electron chi connectivity index (χ0n) is 13.9. The number of nitrogens with one attached hydrogen (secondary N) is 1. The van der Waals surface area contributed by atoms with Crippen LogP contribution >= 0.6 is 12.2 Å². The Kier molecular flexibility index (Phi) is 3.51. The largest absolute Gasteiger partial charge is 0.508 e. The second-order valence-corrected chi connectivity index (χ2v) is 6.67. The minimum Gasteiger partial charge on any atom is -0.508 e. The van der Waals surface area contributed by atoms with E-state index in [1.54, 1.807) is 6.07 Å². The van der Waals surface area contributed by atoms with Gasteiger partial charge in [0, 0.05) is 11.6 Å². The van der Waals surface area contributed by atoms with Crippen molar-refractivity contribution in [2.24, 2.45) is 0 Å². The minimum absolute atomic E-state index is 0.00284. The standard InChI is InChI=1S/C19H17N3O2S/c1-10-8-12-4-3-5-15(17(12)11(10)2)22-18(20-21-19(22)25)14-7-6-13(23)9-16(14)24/h3-7,9,23-24H,8H2,1-2H3,(H,21,25). The molecule has 6 heteroatoms. The van der Waals surface area contributed by atoms with Crippen molar-refractivity contribution in [3.63, 3.8) is 0 Å². The molecule has 0 saturated heterocycles. The van der Waals surface area contributed by atoms with Gasteiger partial charge in [0.2, 0.25) is 0 Å². The van der Waals surface area contributed by atoms with Gasteiger partial charge in [0.25, 0.3) is 0 Å². The molecule has 0 fully saturated rings. The number of phenols is 2. The highest BCUT2D eigenvalue weighted by Crippen LogP contribution is 2.39. The van der Waals surface area contributed by atoms with E-state index in [4.69, 9.17) is 12.2 Å². The number of allylic oxidation sites excluding steroid dienone is 2. The van der Waals surface area contributed by atoms with Gasteiger partial charge in [-0.15, -0.1) is 0 Å². The third-order valence-electron chi connectivity index (χ3n) is 4.74. The van der Waals surface area contributed by atoms with Crippen LogP contribution < -0.4 is 0 Å². The summed E-state index contributed by atoms with van der Waals surface area (Å²) in [5.41, 5.74) is 6.45. The minimum atomic E-state index is -0.0497. The maximum absolute atomic E-state index is 10.2. The Morgan fingerprint density at radius 3 is 2.72 bits per heavy atom. The van der Waals surface area contributed by atoms with Crippen LogP contribution in [0.2, 0.25) is 0 Å². The lowest BCUT2D eigenvalue weighted by Crippen LogP contribution is -2.02. The van der Waals surface area contributed by atoms with Gasteiger partial charge in [-0.3, -0.25) is 9.67 Å². The summed E-state index contributed by atoms with van der Waals surface area (Å²) in [6, 6.07) is 10.6. The van der Waals surface area contributed by atoms with Crippen molar-refractivity contribution in [3.8, 4) is 28.6 Å². The number of nitrogens with zero attached hydrogens (tertiary/aromatic N) is 2. The first-order valence-corrected chi connectivity index (χ1v) is 8.37. The molecule has 0 atom stereocenters. The SMILES string of the molecule is CC1=C(C)c2c(cccc2-n2c(-c3ccc(O)cc3O)n[nH]c2=S)C1. The summed E-state index contributed by atoms with van der Waals surface area (Å²) in [5, 5.41) is 26.9.